The molecule has 0 bridgehead atoms. The predicted molar refractivity (Wildman–Crippen MR) is 172 cm³/mol. The summed E-state index contributed by atoms with van der Waals surface area (Å²) in [6, 6.07) is 0. The van der Waals surface area contributed by atoms with E-state index in [1.165, 1.54) is 148 Å². The summed E-state index contributed by atoms with van der Waals surface area (Å²) in [6.07, 6.45) is 41.1. The van der Waals surface area contributed by atoms with E-state index in [0.717, 1.165) is 32.1 Å². The fourth-order valence-electron chi connectivity index (χ4n) is 4.99. The van der Waals surface area contributed by atoms with E-state index in [4.69, 9.17) is 5.11 Å². The summed E-state index contributed by atoms with van der Waals surface area (Å²) in [5, 5.41) is 18.7. The smallest absolute Gasteiger partial charge is 0.550 e. The Labute approximate surface area is 278 Å². The number of aliphatic carboxylic acids is 2. The molecule has 0 aromatic carbocycles. The van der Waals surface area contributed by atoms with Crippen LogP contribution in [0.1, 0.15) is 206 Å². The van der Waals surface area contributed by atoms with Gasteiger partial charge in [-0.15, -0.1) is 0 Å². The number of carboxylic acids is 2. The van der Waals surface area contributed by atoms with Crippen molar-refractivity contribution in [2.45, 2.75) is 206 Å². The minimum atomic E-state index is -0.914. The first-order chi connectivity index (χ1) is 19.5. The minimum Gasteiger partial charge on any atom is -0.550 e. The number of hydrogen-bond donors (Lipinski definition) is 1. The maximum absolute atomic E-state index is 10.3. The fourth-order valence-corrected chi connectivity index (χ4v) is 4.99. The molecule has 0 rings (SSSR count). The van der Waals surface area contributed by atoms with E-state index in [2.05, 4.69) is 26.0 Å². The van der Waals surface area contributed by atoms with Crippen LogP contribution in [0.5, 0.6) is 0 Å². The second-order valence-corrected chi connectivity index (χ2v) is 11.8. The number of unbranched alkanes of at least 4 members (excludes halogenated alkanes) is 25. The Bertz CT molecular complexity index is 536. The molecule has 0 heterocycles. The SMILES string of the molecule is CCCCCCCCC=CCCCCCCCC(=O)[O-].CCCCCCCCCCCCCCCCCC(=O)O.[Na+]. The number of hydrogen-bond acceptors (Lipinski definition) is 3. The summed E-state index contributed by atoms with van der Waals surface area (Å²) in [4.78, 5) is 20.5. The van der Waals surface area contributed by atoms with Crippen LogP contribution in [0.25, 0.3) is 0 Å². The topological polar surface area (TPSA) is 77.4 Å². The van der Waals surface area contributed by atoms with E-state index in [1.54, 1.807) is 0 Å². The van der Waals surface area contributed by atoms with Gasteiger partial charge in [-0.3, -0.25) is 4.79 Å². The molecule has 0 aliphatic rings. The zero-order valence-corrected chi connectivity index (χ0v) is 30.0. The van der Waals surface area contributed by atoms with Crippen LogP contribution >= 0.6 is 0 Å². The zero-order valence-electron chi connectivity index (χ0n) is 28.0. The molecule has 0 saturated carbocycles. The Morgan fingerprint density at radius 3 is 1.02 bits per heavy atom. The molecule has 238 valence electrons. The maximum Gasteiger partial charge on any atom is 1.00 e. The molecule has 0 amide bonds. The van der Waals surface area contributed by atoms with Gasteiger partial charge in [0.05, 0.1) is 0 Å². The number of carbonyl (C=O) groups excluding carboxylic acids is 1. The van der Waals surface area contributed by atoms with Crippen LogP contribution in [0.2, 0.25) is 0 Å². The van der Waals surface area contributed by atoms with Gasteiger partial charge in [0.1, 0.15) is 0 Å². The average molecular weight is 589 g/mol. The van der Waals surface area contributed by atoms with Crippen molar-refractivity contribution in [3.8, 4) is 0 Å². The van der Waals surface area contributed by atoms with E-state index in [0.29, 0.717) is 6.42 Å². The van der Waals surface area contributed by atoms with Crippen molar-refractivity contribution < 1.29 is 49.4 Å². The van der Waals surface area contributed by atoms with Crippen LogP contribution < -0.4 is 34.7 Å². The van der Waals surface area contributed by atoms with Crippen LogP contribution in [0.3, 0.4) is 0 Å². The van der Waals surface area contributed by atoms with Crippen LogP contribution in [0.15, 0.2) is 12.2 Å². The monoisotopic (exact) mass is 589 g/mol. The minimum absolute atomic E-state index is 0. The van der Waals surface area contributed by atoms with Crippen molar-refractivity contribution in [2.75, 3.05) is 0 Å². The average Bonchev–Trinajstić information content (AvgIpc) is 2.93. The molecule has 4 nitrogen and oxygen atoms in total. The van der Waals surface area contributed by atoms with E-state index >= 15 is 0 Å². The summed E-state index contributed by atoms with van der Waals surface area (Å²) in [6.45, 7) is 4.53. The number of carboxylic acid groups (broad SMARTS) is 2. The Kier molecular flexibility index (Phi) is 46.0. The molecule has 0 aromatic rings. The third-order valence-corrected chi connectivity index (χ3v) is 7.64. The third kappa shape index (κ3) is 49.7. The first kappa shape index (κ1) is 45.1. The molecule has 41 heavy (non-hydrogen) atoms. The molecule has 1 N–H and O–H groups in total. The van der Waals surface area contributed by atoms with Crippen LogP contribution in [0.4, 0.5) is 0 Å². The number of carbonyl (C=O) groups is 2. The zero-order chi connectivity index (χ0) is 29.8. The van der Waals surface area contributed by atoms with Crippen LogP contribution in [-0.4, -0.2) is 17.0 Å². The van der Waals surface area contributed by atoms with Crippen molar-refractivity contribution in [1.82, 2.24) is 0 Å². The Balaban J connectivity index is -0.000000688. The molecular formula is C36H69NaO4. The van der Waals surface area contributed by atoms with Gasteiger partial charge >= 0.3 is 35.5 Å². The van der Waals surface area contributed by atoms with Gasteiger partial charge in [0.2, 0.25) is 0 Å². The summed E-state index contributed by atoms with van der Waals surface area (Å²) >= 11 is 0. The van der Waals surface area contributed by atoms with Crippen LogP contribution in [-0.2, 0) is 9.59 Å². The fraction of sp³-hybridized carbons (Fsp3) is 0.889. The van der Waals surface area contributed by atoms with E-state index in [1.807, 2.05) is 0 Å². The van der Waals surface area contributed by atoms with Gasteiger partial charge in [-0.25, -0.2) is 0 Å². The van der Waals surface area contributed by atoms with Gasteiger partial charge in [0.15, 0.2) is 0 Å². The summed E-state index contributed by atoms with van der Waals surface area (Å²) in [7, 11) is 0. The second-order valence-electron chi connectivity index (χ2n) is 11.8. The first-order valence-electron chi connectivity index (χ1n) is 17.6. The normalized spacial score (nSPS) is 10.8. The summed E-state index contributed by atoms with van der Waals surface area (Å²) in [5.41, 5.74) is 0. The second kappa shape index (κ2) is 41.8. The summed E-state index contributed by atoms with van der Waals surface area (Å²) in [5.74, 6) is -1.57. The van der Waals surface area contributed by atoms with Crippen molar-refractivity contribution in [3.63, 3.8) is 0 Å². The molecule has 0 atom stereocenters. The molecule has 0 spiro atoms. The van der Waals surface area contributed by atoms with Crippen molar-refractivity contribution >= 4 is 11.9 Å². The first-order valence-corrected chi connectivity index (χ1v) is 17.6. The van der Waals surface area contributed by atoms with E-state index < -0.39 is 11.9 Å². The molecule has 0 radical (unpaired) electrons. The predicted octanol–water partition coefficient (Wildman–Crippen LogP) is 8.11. The molecule has 0 aliphatic heterocycles. The molecule has 0 unspecified atom stereocenters. The molecule has 5 heteroatoms. The van der Waals surface area contributed by atoms with Crippen molar-refractivity contribution in [3.05, 3.63) is 12.2 Å². The van der Waals surface area contributed by atoms with Crippen LogP contribution in [0, 0.1) is 0 Å². The van der Waals surface area contributed by atoms with Gasteiger partial charge < -0.3 is 15.0 Å². The Hall–Kier alpha value is -0.320. The Morgan fingerprint density at radius 2 is 0.732 bits per heavy atom. The maximum atomic E-state index is 10.3. The number of allylic oxidation sites excluding steroid dienone is 2. The molecule has 0 fully saturated rings. The van der Waals surface area contributed by atoms with Gasteiger partial charge in [0.25, 0.3) is 0 Å². The molecular weight excluding hydrogens is 519 g/mol. The summed E-state index contributed by atoms with van der Waals surface area (Å²) < 4.78 is 0. The Morgan fingerprint density at radius 1 is 0.463 bits per heavy atom. The van der Waals surface area contributed by atoms with Gasteiger partial charge in [0, 0.05) is 12.4 Å². The number of rotatable bonds is 31. The van der Waals surface area contributed by atoms with Gasteiger partial charge in [-0.2, -0.15) is 0 Å². The van der Waals surface area contributed by atoms with Gasteiger partial charge in [-0.1, -0.05) is 167 Å². The standard InChI is InChI=1S/C18H36O2.C18H34O2.Na/c2*1-2-3-4-5-6-7-8-9-10-11-12-13-14-15-16-17-18(19)20;/h2-17H2,1H3,(H,19,20);9-10H,2-8,11-17H2,1H3,(H,19,20);/q;;+1/p-1. The van der Waals surface area contributed by atoms with E-state index in [9.17, 15) is 14.7 Å². The largest absolute Gasteiger partial charge is 1.00 e. The van der Waals surface area contributed by atoms with Crippen molar-refractivity contribution in [1.29, 1.82) is 0 Å². The molecule has 0 saturated heterocycles. The molecule has 0 aromatic heterocycles. The third-order valence-electron chi connectivity index (χ3n) is 7.64. The molecule has 0 aliphatic carbocycles. The van der Waals surface area contributed by atoms with Crippen molar-refractivity contribution in [2.24, 2.45) is 0 Å². The van der Waals surface area contributed by atoms with E-state index in [-0.39, 0.29) is 36.0 Å². The van der Waals surface area contributed by atoms with Gasteiger partial charge in [-0.05, 0) is 44.9 Å². The quantitative estimate of drug-likeness (QED) is 0.0504.